The van der Waals surface area contributed by atoms with Gasteiger partial charge in [0.1, 0.15) is 0 Å². The van der Waals surface area contributed by atoms with Crippen molar-refractivity contribution in [2.75, 3.05) is 38.2 Å². The van der Waals surface area contributed by atoms with Gasteiger partial charge in [-0.05, 0) is 56.4 Å². The van der Waals surface area contributed by atoms with Crippen molar-refractivity contribution in [1.82, 2.24) is 10.2 Å². The summed E-state index contributed by atoms with van der Waals surface area (Å²) in [5.74, 6) is 0.627. The second kappa shape index (κ2) is 9.42. The normalized spacial score (nSPS) is 17.2. The summed E-state index contributed by atoms with van der Waals surface area (Å²) in [5.41, 5.74) is 2.25. The van der Waals surface area contributed by atoms with E-state index in [2.05, 4.69) is 17.6 Å². The predicted octanol–water partition coefficient (Wildman–Crippen LogP) is 3.03. The van der Waals surface area contributed by atoms with Crippen LogP contribution in [0.25, 0.3) is 0 Å². The van der Waals surface area contributed by atoms with Gasteiger partial charge in [-0.3, -0.25) is 4.79 Å². The van der Waals surface area contributed by atoms with Gasteiger partial charge in [0, 0.05) is 37.5 Å². The molecule has 0 bridgehead atoms. The van der Waals surface area contributed by atoms with Crippen molar-refractivity contribution in [2.45, 2.75) is 33.6 Å². The first kappa shape index (κ1) is 19.2. The minimum absolute atomic E-state index is 0.0716. The first-order chi connectivity index (χ1) is 12.0. The third-order valence-corrected chi connectivity index (χ3v) is 4.40. The first-order valence-electron chi connectivity index (χ1n) is 9.03. The van der Waals surface area contributed by atoms with E-state index in [4.69, 9.17) is 4.74 Å². The number of anilines is 1. The van der Waals surface area contributed by atoms with Crippen molar-refractivity contribution in [3.8, 4) is 0 Å². The van der Waals surface area contributed by atoms with Crippen molar-refractivity contribution in [3.05, 3.63) is 29.3 Å². The minimum Gasteiger partial charge on any atom is -0.380 e. The van der Waals surface area contributed by atoms with E-state index in [9.17, 15) is 9.59 Å². The lowest BCUT2D eigenvalue weighted by Gasteiger charge is -2.31. The van der Waals surface area contributed by atoms with Gasteiger partial charge in [-0.25, -0.2) is 4.79 Å². The highest BCUT2D eigenvalue weighted by molar-refractivity contribution is 5.96. The quantitative estimate of drug-likeness (QED) is 0.777. The minimum atomic E-state index is -0.272. The van der Waals surface area contributed by atoms with Gasteiger partial charge in [0.25, 0.3) is 5.91 Å². The fourth-order valence-corrected chi connectivity index (χ4v) is 3.04. The van der Waals surface area contributed by atoms with Gasteiger partial charge >= 0.3 is 6.03 Å². The van der Waals surface area contributed by atoms with Crippen LogP contribution in [0.3, 0.4) is 0 Å². The lowest BCUT2D eigenvalue weighted by atomic mass is 9.99. The van der Waals surface area contributed by atoms with Crippen molar-refractivity contribution < 1.29 is 14.3 Å². The predicted molar refractivity (Wildman–Crippen MR) is 99.0 cm³/mol. The van der Waals surface area contributed by atoms with Gasteiger partial charge in [0.05, 0.1) is 6.61 Å². The monoisotopic (exact) mass is 347 g/mol. The average molecular weight is 347 g/mol. The average Bonchev–Trinajstić information content (AvgIpc) is 2.60. The van der Waals surface area contributed by atoms with Gasteiger partial charge in [-0.2, -0.15) is 0 Å². The molecule has 0 saturated carbocycles. The zero-order valence-corrected chi connectivity index (χ0v) is 15.4. The Kier molecular flexibility index (Phi) is 7.25. The van der Waals surface area contributed by atoms with Crippen LogP contribution in [0.2, 0.25) is 0 Å². The van der Waals surface area contributed by atoms with Crippen molar-refractivity contribution >= 4 is 17.6 Å². The van der Waals surface area contributed by atoms with Crippen LogP contribution in [0.15, 0.2) is 18.2 Å². The van der Waals surface area contributed by atoms with Crippen LogP contribution in [0.5, 0.6) is 0 Å². The molecule has 2 rings (SSSR count). The molecule has 1 atom stereocenters. The van der Waals surface area contributed by atoms with Crippen LogP contribution in [-0.4, -0.2) is 49.7 Å². The fraction of sp³-hybridized carbons (Fsp3) is 0.579. The molecule has 1 aromatic carbocycles. The first-order valence-corrected chi connectivity index (χ1v) is 9.03. The lowest BCUT2D eigenvalue weighted by molar-refractivity contribution is 0.0683. The molecule has 1 aromatic rings. The van der Waals surface area contributed by atoms with E-state index in [0.29, 0.717) is 36.9 Å². The molecule has 6 heteroatoms. The lowest BCUT2D eigenvalue weighted by Crippen LogP contribution is -2.39. The Bertz CT molecular complexity index is 604. The van der Waals surface area contributed by atoms with E-state index >= 15 is 0 Å². The molecule has 0 aromatic heterocycles. The standard InChI is InChI=1S/C19H29N3O3/c1-4-25-11-9-20-19(24)21-17-8-7-16(12-15(17)3)18(23)22-10-5-6-14(2)13-22/h7-8,12,14H,4-6,9-11,13H2,1-3H3,(H2,20,21,24)/t14-/m1/s1. The fourth-order valence-electron chi connectivity index (χ4n) is 3.04. The van der Waals surface area contributed by atoms with Crippen LogP contribution in [0.1, 0.15) is 42.6 Å². The SMILES string of the molecule is CCOCCNC(=O)Nc1ccc(C(=O)N2CCC[C@@H](C)C2)cc1C. The highest BCUT2D eigenvalue weighted by Crippen LogP contribution is 2.21. The second-order valence-corrected chi connectivity index (χ2v) is 6.61. The maximum Gasteiger partial charge on any atom is 0.319 e. The molecule has 1 aliphatic heterocycles. The van der Waals surface area contributed by atoms with Crippen molar-refractivity contribution in [1.29, 1.82) is 0 Å². The number of nitrogens with one attached hydrogen (secondary N) is 2. The number of piperidine rings is 1. The van der Waals surface area contributed by atoms with Crippen LogP contribution in [0, 0.1) is 12.8 Å². The Morgan fingerprint density at radius 3 is 2.84 bits per heavy atom. The number of carbonyl (C=O) groups excluding carboxylic acids is 2. The van der Waals surface area contributed by atoms with Crippen LogP contribution in [0.4, 0.5) is 10.5 Å². The maximum atomic E-state index is 12.6. The molecule has 25 heavy (non-hydrogen) atoms. The number of nitrogens with zero attached hydrogens (tertiary/aromatic N) is 1. The number of amides is 3. The summed E-state index contributed by atoms with van der Waals surface area (Å²) in [5, 5.41) is 5.55. The van der Waals surface area contributed by atoms with E-state index in [1.54, 1.807) is 12.1 Å². The summed E-state index contributed by atoms with van der Waals surface area (Å²) in [7, 11) is 0. The number of aryl methyl sites for hydroxylation is 1. The summed E-state index contributed by atoms with van der Waals surface area (Å²) in [6.07, 6.45) is 2.25. The van der Waals surface area contributed by atoms with Crippen LogP contribution >= 0.6 is 0 Å². The molecule has 1 aliphatic rings. The zero-order valence-electron chi connectivity index (χ0n) is 15.4. The molecule has 6 nitrogen and oxygen atoms in total. The molecule has 0 unspecified atom stereocenters. The van der Waals surface area contributed by atoms with E-state index in [-0.39, 0.29) is 11.9 Å². The van der Waals surface area contributed by atoms with Gasteiger partial charge in [-0.15, -0.1) is 0 Å². The van der Waals surface area contributed by atoms with Gasteiger partial charge in [0.2, 0.25) is 0 Å². The van der Waals surface area contributed by atoms with Gasteiger partial charge < -0.3 is 20.3 Å². The Labute approximate surface area is 149 Å². The van der Waals surface area contributed by atoms with E-state index in [1.807, 2.05) is 24.8 Å². The smallest absolute Gasteiger partial charge is 0.319 e. The maximum absolute atomic E-state index is 12.6. The van der Waals surface area contributed by atoms with E-state index in [0.717, 1.165) is 25.1 Å². The molecule has 138 valence electrons. The number of hydrogen-bond donors (Lipinski definition) is 2. The third-order valence-electron chi connectivity index (χ3n) is 4.40. The molecule has 1 fully saturated rings. The number of urea groups is 1. The summed E-state index contributed by atoms with van der Waals surface area (Å²) in [4.78, 5) is 26.5. The number of rotatable bonds is 6. The highest BCUT2D eigenvalue weighted by Gasteiger charge is 2.22. The van der Waals surface area contributed by atoms with E-state index in [1.165, 1.54) is 6.42 Å². The second-order valence-electron chi connectivity index (χ2n) is 6.61. The Morgan fingerprint density at radius 1 is 1.36 bits per heavy atom. The summed E-state index contributed by atoms with van der Waals surface area (Å²) < 4.78 is 5.18. The number of likely N-dealkylation sites (tertiary alicyclic amines) is 1. The number of carbonyl (C=O) groups is 2. The largest absolute Gasteiger partial charge is 0.380 e. The summed E-state index contributed by atoms with van der Waals surface area (Å²) in [6, 6.07) is 5.15. The third kappa shape index (κ3) is 5.74. The molecule has 0 spiro atoms. The molecular formula is C19H29N3O3. The van der Waals surface area contributed by atoms with Gasteiger partial charge in [0.15, 0.2) is 0 Å². The Balaban J connectivity index is 1.93. The number of ether oxygens (including phenoxy) is 1. The number of hydrogen-bond acceptors (Lipinski definition) is 3. The highest BCUT2D eigenvalue weighted by atomic mass is 16.5. The topological polar surface area (TPSA) is 70.7 Å². The molecule has 0 aliphatic carbocycles. The molecule has 1 heterocycles. The van der Waals surface area contributed by atoms with Crippen molar-refractivity contribution in [2.24, 2.45) is 5.92 Å². The zero-order chi connectivity index (χ0) is 18.2. The molecule has 3 amide bonds. The molecular weight excluding hydrogens is 318 g/mol. The Morgan fingerprint density at radius 2 is 2.16 bits per heavy atom. The van der Waals surface area contributed by atoms with E-state index < -0.39 is 0 Å². The summed E-state index contributed by atoms with van der Waals surface area (Å²) >= 11 is 0. The van der Waals surface area contributed by atoms with Gasteiger partial charge in [-0.1, -0.05) is 6.92 Å². The van der Waals surface area contributed by atoms with Crippen LogP contribution in [-0.2, 0) is 4.74 Å². The van der Waals surface area contributed by atoms with Crippen LogP contribution < -0.4 is 10.6 Å². The summed E-state index contributed by atoms with van der Waals surface area (Å²) in [6.45, 7) is 9.22. The number of benzene rings is 1. The Hall–Kier alpha value is -2.08. The van der Waals surface area contributed by atoms with Crippen molar-refractivity contribution in [3.63, 3.8) is 0 Å². The molecule has 0 radical (unpaired) electrons. The molecule has 2 N–H and O–H groups in total. The molecule has 1 saturated heterocycles.